The molecule has 1 N–H and O–H groups in total. The maximum Gasteiger partial charge on any atom is 0.146 e. The predicted molar refractivity (Wildman–Crippen MR) is 105 cm³/mol. The zero-order valence-electron chi connectivity index (χ0n) is 15.7. The summed E-state index contributed by atoms with van der Waals surface area (Å²) in [5, 5.41) is 10.1. The van der Waals surface area contributed by atoms with E-state index in [2.05, 4.69) is 29.2 Å². The summed E-state index contributed by atoms with van der Waals surface area (Å²) in [5.74, 6) is 0.161. The minimum atomic E-state index is -0.509. The zero-order valence-corrected chi connectivity index (χ0v) is 15.7. The molecule has 1 aliphatic rings. The van der Waals surface area contributed by atoms with Crippen LogP contribution in [0.2, 0.25) is 0 Å². The Labute approximate surface area is 161 Å². The van der Waals surface area contributed by atoms with Gasteiger partial charge in [0.1, 0.15) is 6.79 Å². The Kier molecular flexibility index (Phi) is 8.27. The lowest BCUT2D eigenvalue weighted by molar-refractivity contribution is -0.0872. The summed E-state index contributed by atoms with van der Waals surface area (Å²) in [7, 11) is 0. The number of morpholine rings is 1. The number of β-amino-alcohol motifs (C(OH)–C–C–N with tert-alkyl or cyclic N) is 1. The van der Waals surface area contributed by atoms with Gasteiger partial charge in [0.25, 0.3) is 0 Å². The van der Waals surface area contributed by atoms with Crippen LogP contribution in [0, 0.1) is 0 Å². The Balaban J connectivity index is 1.41. The molecule has 1 heterocycles. The van der Waals surface area contributed by atoms with Crippen LogP contribution in [0.1, 0.15) is 17.0 Å². The number of benzene rings is 2. The molecule has 1 saturated heterocycles. The number of hydrogen-bond donors (Lipinski definition) is 1. The molecule has 0 amide bonds. The van der Waals surface area contributed by atoms with Crippen molar-refractivity contribution in [3.05, 3.63) is 71.8 Å². The fourth-order valence-electron chi connectivity index (χ4n) is 3.30. The van der Waals surface area contributed by atoms with Crippen molar-refractivity contribution in [2.24, 2.45) is 0 Å². The highest BCUT2D eigenvalue weighted by Crippen LogP contribution is 2.24. The maximum absolute atomic E-state index is 10.1. The second-order valence-corrected chi connectivity index (χ2v) is 6.80. The lowest BCUT2D eigenvalue weighted by atomic mass is 9.92. The van der Waals surface area contributed by atoms with Crippen LogP contribution in [-0.2, 0) is 14.2 Å². The van der Waals surface area contributed by atoms with Crippen LogP contribution in [0.25, 0.3) is 0 Å². The van der Waals surface area contributed by atoms with Crippen molar-refractivity contribution in [3.8, 4) is 0 Å². The molecule has 0 unspecified atom stereocenters. The fourth-order valence-corrected chi connectivity index (χ4v) is 3.30. The largest absolute Gasteiger partial charge is 0.389 e. The van der Waals surface area contributed by atoms with Crippen molar-refractivity contribution in [2.75, 3.05) is 52.9 Å². The van der Waals surface area contributed by atoms with E-state index in [9.17, 15) is 5.11 Å². The van der Waals surface area contributed by atoms with E-state index in [1.165, 1.54) is 11.1 Å². The molecule has 0 aromatic heterocycles. The average molecular weight is 371 g/mol. The zero-order chi connectivity index (χ0) is 18.7. The van der Waals surface area contributed by atoms with Gasteiger partial charge in [-0.2, -0.15) is 0 Å². The Bertz CT molecular complexity index is 592. The standard InChI is InChI=1S/C22H29NO4/c24-21(15-23-11-13-25-14-12-23)16-26-18-27-17-22(19-7-3-1-4-8-19)20-9-5-2-6-10-20/h1-10,21-22,24H,11-18H2/t21-/m0/s1. The second-order valence-electron chi connectivity index (χ2n) is 6.80. The number of aliphatic hydroxyl groups is 1. The molecular formula is C22H29NO4. The van der Waals surface area contributed by atoms with E-state index in [0.29, 0.717) is 13.2 Å². The van der Waals surface area contributed by atoms with Crippen LogP contribution in [0.4, 0.5) is 0 Å². The first-order valence-corrected chi connectivity index (χ1v) is 9.56. The summed E-state index contributed by atoms with van der Waals surface area (Å²) >= 11 is 0. The number of ether oxygens (including phenoxy) is 3. The summed E-state index contributed by atoms with van der Waals surface area (Å²) in [6.07, 6.45) is -0.509. The van der Waals surface area contributed by atoms with E-state index >= 15 is 0 Å². The number of rotatable bonds is 10. The molecule has 0 spiro atoms. The molecule has 1 fully saturated rings. The molecule has 0 aliphatic carbocycles. The molecule has 1 atom stereocenters. The lowest BCUT2D eigenvalue weighted by Crippen LogP contribution is -2.42. The van der Waals surface area contributed by atoms with Crippen LogP contribution in [0.3, 0.4) is 0 Å². The van der Waals surface area contributed by atoms with Crippen molar-refractivity contribution < 1.29 is 19.3 Å². The smallest absolute Gasteiger partial charge is 0.146 e. The van der Waals surface area contributed by atoms with Crippen LogP contribution in [-0.4, -0.2) is 69.0 Å². The number of hydrogen-bond acceptors (Lipinski definition) is 5. The van der Waals surface area contributed by atoms with Crippen molar-refractivity contribution in [3.63, 3.8) is 0 Å². The topological polar surface area (TPSA) is 51.2 Å². The van der Waals surface area contributed by atoms with E-state index in [1.807, 2.05) is 36.4 Å². The number of aliphatic hydroxyl groups excluding tert-OH is 1. The van der Waals surface area contributed by atoms with Crippen molar-refractivity contribution in [1.29, 1.82) is 0 Å². The normalized spacial score (nSPS) is 16.5. The third-order valence-corrected chi connectivity index (χ3v) is 4.74. The Morgan fingerprint density at radius 2 is 1.41 bits per heavy atom. The highest BCUT2D eigenvalue weighted by molar-refractivity contribution is 5.32. The average Bonchev–Trinajstić information content (AvgIpc) is 2.73. The Morgan fingerprint density at radius 1 is 0.852 bits per heavy atom. The van der Waals surface area contributed by atoms with Gasteiger partial charge in [-0.1, -0.05) is 60.7 Å². The SMILES string of the molecule is O[C@H](COCOCC(c1ccccc1)c1ccccc1)CN1CCOCC1. The molecule has 0 saturated carbocycles. The summed E-state index contributed by atoms with van der Waals surface area (Å²) in [6, 6.07) is 20.7. The van der Waals surface area contributed by atoms with Gasteiger partial charge in [0.2, 0.25) is 0 Å². The van der Waals surface area contributed by atoms with Gasteiger partial charge < -0.3 is 19.3 Å². The Morgan fingerprint density at radius 3 is 2.00 bits per heavy atom. The van der Waals surface area contributed by atoms with Gasteiger partial charge in [0.05, 0.1) is 32.5 Å². The molecule has 1 aliphatic heterocycles. The van der Waals surface area contributed by atoms with Gasteiger partial charge in [-0.15, -0.1) is 0 Å². The van der Waals surface area contributed by atoms with Gasteiger partial charge in [-0.05, 0) is 11.1 Å². The first kappa shape index (κ1) is 20.0. The first-order chi connectivity index (χ1) is 13.3. The second kappa shape index (κ2) is 11.2. The van der Waals surface area contributed by atoms with Crippen LogP contribution in [0.5, 0.6) is 0 Å². The monoisotopic (exact) mass is 371 g/mol. The minimum absolute atomic E-state index is 0.161. The first-order valence-electron chi connectivity index (χ1n) is 9.56. The predicted octanol–water partition coefficient (Wildman–Crippen LogP) is 2.50. The molecule has 0 radical (unpaired) electrons. The highest BCUT2D eigenvalue weighted by Gasteiger charge is 2.16. The van der Waals surface area contributed by atoms with Crippen molar-refractivity contribution in [1.82, 2.24) is 4.90 Å². The minimum Gasteiger partial charge on any atom is -0.389 e. The van der Waals surface area contributed by atoms with E-state index in [4.69, 9.17) is 14.2 Å². The van der Waals surface area contributed by atoms with Gasteiger partial charge in [0.15, 0.2) is 0 Å². The Hall–Kier alpha value is -1.76. The number of nitrogens with zero attached hydrogens (tertiary/aromatic N) is 1. The molecule has 0 bridgehead atoms. The summed E-state index contributed by atoms with van der Waals surface area (Å²) < 4.78 is 16.6. The lowest BCUT2D eigenvalue weighted by Gasteiger charge is -2.28. The van der Waals surface area contributed by atoms with E-state index < -0.39 is 6.10 Å². The molecule has 27 heavy (non-hydrogen) atoms. The molecular weight excluding hydrogens is 342 g/mol. The summed E-state index contributed by atoms with van der Waals surface area (Å²) in [4.78, 5) is 2.19. The third kappa shape index (κ3) is 6.72. The molecule has 5 nitrogen and oxygen atoms in total. The molecule has 3 rings (SSSR count). The van der Waals surface area contributed by atoms with E-state index in [0.717, 1.165) is 26.3 Å². The highest BCUT2D eigenvalue weighted by atomic mass is 16.7. The maximum atomic E-state index is 10.1. The van der Waals surface area contributed by atoms with Crippen molar-refractivity contribution in [2.45, 2.75) is 12.0 Å². The molecule has 2 aromatic rings. The van der Waals surface area contributed by atoms with Gasteiger partial charge in [-0.3, -0.25) is 4.90 Å². The van der Waals surface area contributed by atoms with Crippen LogP contribution < -0.4 is 0 Å². The van der Waals surface area contributed by atoms with Gasteiger partial charge in [-0.25, -0.2) is 0 Å². The quantitative estimate of drug-likeness (QED) is 0.514. The van der Waals surface area contributed by atoms with Gasteiger partial charge in [0, 0.05) is 25.6 Å². The van der Waals surface area contributed by atoms with Crippen molar-refractivity contribution >= 4 is 0 Å². The van der Waals surface area contributed by atoms with Gasteiger partial charge >= 0.3 is 0 Å². The molecule has 5 heteroatoms. The summed E-state index contributed by atoms with van der Waals surface area (Å²) in [6.45, 7) is 4.80. The molecule has 146 valence electrons. The molecule has 2 aromatic carbocycles. The fraction of sp³-hybridized carbons (Fsp3) is 0.455. The third-order valence-electron chi connectivity index (χ3n) is 4.74. The van der Waals surface area contributed by atoms with E-state index in [1.54, 1.807) is 0 Å². The van der Waals surface area contributed by atoms with E-state index in [-0.39, 0.29) is 19.3 Å². The summed E-state index contributed by atoms with van der Waals surface area (Å²) in [5.41, 5.74) is 2.44. The van der Waals surface area contributed by atoms with Crippen LogP contribution in [0.15, 0.2) is 60.7 Å². The van der Waals surface area contributed by atoms with Crippen LogP contribution >= 0.6 is 0 Å².